The lowest BCUT2D eigenvalue weighted by molar-refractivity contribution is 0.0682. The van der Waals surface area contributed by atoms with Gasteiger partial charge in [0, 0.05) is 31.3 Å². The Morgan fingerprint density at radius 2 is 2.12 bits per heavy atom. The lowest BCUT2D eigenvalue weighted by atomic mass is 10.1. The van der Waals surface area contributed by atoms with Crippen LogP contribution in [0.1, 0.15) is 39.9 Å². The summed E-state index contributed by atoms with van der Waals surface area (Å²) in [6.07, 6.45) is 0.852. The fraction of sp³-hybridized carbons (Fsp3) is 0.389. The Bertz CT molecular complexity index is 784. The molecule has 0 aliphatic carbocycles. The molecular weight excluding hydrogens is 320 g/mol. The van der Waals surface area contributed by atoms with Gasteiger partial charge in [0.25, 0.3) is 11.8 Å². The molecule has 0 spiro atoms. The topological polar surface area (TPSA) is 76.5 Å². The van der Waals surface area contributed by atoms with Crippen LogP contribution in [-0.4, -0.2) is 46.7 Å². The predicted octanol–water partition coefficient (Wildman–Crippen LogP) is 1.69. The maximum atomic E-state index is 12.8. The van der Waals surface area contributed by atoms with Gasteiger partial charge in [0.05, 0.1) is 13.7 Å². The highest BCUT2D eigenvalue weighted by Crippen LogP contribution is 2.22. The average molecular weight is 342 g/mol. The summed E-state index contributed by atoms with van der Waals surface area (Å²) in [5, 5.41) is 7.04. The summed E-state index contributed by atoms with van der Waals surface area (Å²) in [6, 6.07) is 9.22. The minimum absolute atomic E-state index is 0.126. The van der Waals surface area contributed by atoms with Gasteiger partial charge in [0.1, 0.15) is 11.4 Å². The first-order valence-electron chi connectivity index (χ1n) is 8.41. The third kappa shape index (κ3) is 3.50. The van der Waals surface area contributed by atoms with Crippen LogP contribution in [0.4, 0.5) is 0 Å². The number of nitrogens with one attached hydrogen (secondary N) is 1. The van der Waals surface area contributed by atoms with Crippen molar-refractivity contribution in [3.8, 4) is 5.75 Å². The molecule has 2 heterocycles. The van der Waals surface area contributed by atoms with Gasteiger partial charge in [-0.05, 0) is 12.5 Å². The quantitative estimate of drug-likeness (QED) is 0.867. The van der Waals surface area contributed by atoms with Crippen molar-refractivity contribution in [1.29, 1.82) is 0 Å². The first-order valence-corrected chi connectivity index (χ1v) is 8.41. The van der Waals surface area contributed by atoms with Crippen LogP contribution in [-0.2, 0) is 13.1 Å². The molecule has 25 heavy (non-hydrogen) atoms. The van der Waals surface area contributed by atoms with E-state index in [1.54, 1.807) is 22.8 Å². The summed E-state index contributed by atoms with van der Waals surface area (Å²) in [6.45, 7) is 4.15. The van der Waals surface area contributed by atoms with Gasteiger partial charge in [-0.2, -0.15) is 5.10 Å². The van der Waals surface area contributed by atoms with E-state index < -0.39 is 0 Å². The molecule has 0 saturated carbocycles. The molecule has 1 N–H and O–H groups in total. The molecule has 2 aromatic rings. The van der Waals surface area contributed by atoms with Crippen molar-refractivity contribution in [2.45, 2.75) is 26.4 Å². The number of carbonyl (C=O) groups excluding carboxylic acids is 2. The van der Waals surface area contributed by atoms with E-state index in [2.05, 4.69) is 10.4 Å². The molecule has 1 aromatic carbocycles. The number of methoxy groups -OCH3 is 1. The van der Waals surface area contributed by atoms with E-state index in [9.17, 15) is 9.59 Å². The van der Waals surface area contributed by atoms with Crippen molar-refractivity contribution in [2.24, 2.45) is 0 Å². The first kappa shape index (κ1) is 17.0. The Hall–Kier alpha value is -2.83. The molecule has 1 aliphatic heterocycles. The highest BCUT2D eigenvalue weighted by molar-refractivity contribution is 5.98. The number of para-hydroxylation sites is 1. The zero-order valence-corrected chi connectivity index (χ0v) is 14.5. The number of amides is 2. The van der Waals surface area contributed by atoms with Crippen LogP contribution < -0.4 is 10.1 Å². The van der Waals surface area contributed by atoms with Crippen LogP contribution in [0.3, 0.4) is 0 Å². The SMILES string of the molecule is CCCNC(=O)c1cc2n(n1)CCN(Cc1ccccc1OC)C2=O. The zero-order valence-electron chi connectivity index (χ0n) is 14.5. The summed E-state index contributed by atoms with van der Waals surface area (Å²) in [5.74, 6) is 0.390. The van der Waals surface area contributed by atoms with E-state index in [0.717, 1.165) is 17.7 Å². The fourth-order valence-corrected chi connectivity index (χ4v) is 2.87. The largest absolute Gasteiger partial charge is 0.496 e. The Labute approximate surface area is 146 Å². The summed E-state index contributed by atoms with van der Waals surface area (Å²) in [4.78, 5) is 26.6. The molecule has 1 aliphatic rings. The van der Waals surface area contributed by atoms with Gasteiger partial charge in [0.15, 0.2) is 5.69 Å². The monoisotopic (exact) mass is 342 g/mol. The van der Waals surface area contributed by atoms with Crippen LogP contribution in [0, 0.1) is 0 Å². The molecular formula is C18H22N4O3. The highest BCUT2D eigenvalue weighted by Gasteiger charge is 2.28. The Kier molecular flexibility index (Phi) is 5.02. The van der Waals surface area contributed by atoms with Crippen LogP contribution in [0.15, 0.2) is 30.3 Å². The number of hydrogen-bond acceptors (Lipinski definition) is 4. The number of ether oxygens (including phenoxy) is 1. The molecule has 7 nitrogen and oxygen atoms in total. The van der Waals surface area contributed by atoms with Crippen molar-refractivity contribution in [2.75, 3.05) is 20.2 Å². The molecule has 7 heteroatoms. The van der Waals surface area contributed by atoms with Crippen molar-refractivity contribution in [3.63, 3.8) is 0 Å². The Balaban J connectivity index is 1.77. The van der Waals surface area contributed by atoms with Crippen molar-refractivity contribution >= 4 is 11.8 Å². The van der Waals surface area contributed by atoms with Crippen LogP contribution >= 0.6 is 0 Å². The Morgan fingerprint density at radius 3 is 2.88 bits per heavy atom. The van der Waals surface area contributed by atoms with E-state index in [1.807, 2.05) is 31.2 Å². The van der Waals surface area contributed by atoms with Crippen molar-refractivity contribution in [1.82, 2.24) is 20.0 Å². The summed E-state index contributed by atoms with van der Waals surface area (Å²) < 4.78 is 6.97. The molecule has 0 unspecified atom stereocenters. The molecule has 132 valence electrons. The van der Waals surface area contributed by atoms with Crippen molar-refractivity contribution in [3.05, 3.63) is 47.3 Å². The summed E-state index contributed by atoms with van der Waals surface area (Å²) in [7, 11) is 1.62. The summed E-state index contributed by atoms with van der Waals surface area (Å²) >= 11 is 0. The smallest absolute Gasteiger partial charge is 0.272 e. The van der Waals surface area contributed by atoms with Gasteiger partial charge in [-0.15, -0.1) is 0 Å². The van der Waals surface area contributed by atoms with Gasteiger partial charge >= 0.3 is 0 Å². The second-order valence-corrected chi connectivity index (χ2v) is 5.93. The zero-order chi connectivity index (χ0) is 17.8. The maximum Gasteiger partial charge on any atom is 0.272 e. The molecule has 3 rings (SSSR count). The second-order valence-electron chi connectivity index (χ2n) is 5.93. The molecule has 0 fully saturated rings. The molecule has 2 amide bonds. The van der Waals surface area contributed by atoms with E-state index >= 15 is 0 Å². The molecule has 0 bridgehead atoms. The van der Waals surface area contributed by atoms with Gasteiger partial charge in [-0.3, -0.25) is 14.3 Å². The van der Waals surface area contributed by atoms with Crippen LogP contribution in [0.25, 0.3) is 0 Å². The molecule has 0 saturated heterocycles. The van der Waals surface area contributed by atoms with Gasteiger partial charge < -0.3 is 15.0 Å². The Morgan fingerprint density at radius 1 is 1.32 bits per heavy atom. The van der Waals surface area contributed by atoms with Gasteiger partial charge in [0.2, 0.25) is 0 Å². The molecule has 0 atom stereocenters. The van der Waals surface area contributed by atoms with E-state index in [0.29, 0.717) is 31.9 Å². The predicted molar refractivity (Wildman–Crippen MR) is 92.6 cm³/mol. The number of rotatable bonds is 6. The average Bonchev–Trinajstić information content (AvgIpc) is 3.07. The number of carbonyl (C=O) groups is 2. The first-order chi connectivity index (χ1) is 12.1. The standard InChI is InChI=1S/C18H22N4O3/c1-3-8-19-17(23)14-11-15-18(24)21(9-10-22(15)20-14)12-13-6-4-5-7-16(13)25-2/h4-7,11H,3,8-10,12H2,1-2H3,(H,19,23). The van der Waals surface area contributed by atoms with E-state index in [4.69, 9.17) is 4.74 Å². The third-order valence-electron chi connectivity index (χ3n) is 4.19. The van der Waals surface area contributed by atoms with E-state index in [-0.39, 0.29) is 17.5 Å². The van der Waals surface area contributed by atoms with Crippen molar-refractivity contribution < 1.29 is 14.3 Å². The number of benzene rings is 1. The minimum atomic E-state index is -0.243. The highest BCUT2D eigenvalue weighted by atomic mass is 16.5. The fourth-order valence-electron chi connectivity index (χ4n) is 2.87. The molecule has 0 radical (unpaired) electrons. The number of fused-ring (bicyclic) bond motifs is 1. The van der Waals surface area contributed by atoms with Crippen LogP contribution in [0.5, 0.6) is 5.75 Å². The van der Waals surface area contributed by atoms with Gasteiger partial charge in [-0.1, -0.05) is 25.1 Å². The summed E-state index contributed by atoms with van der Waals surface area (Å²) in [5.41, 5.74) is 1.69. The normalized spacial score (nSPS) is 13.5. The van der Waals surface area contributed by atoms with E-state index in [1.165, 1.54) is 0 Å². The third-order valence-corrected chi connectivity index (χ3v) is 4.19. The van der Waals surface area contributed by atoms with Crippen LogP contribution in [0.2, 0.25) is 0 Å². The number of aromatic nitrogens is 2. The maximum absolute atomic E-state index is 12.8. The van der Waals surface area contributed by atoms with Gasteiger partial charge in [-0.25, -0.2) is 0 Å². The lowest BCUT2D eigenvalue weighted by Crippen LogP contribution is -2.39. The lowest BCUT2D eigenvalue weighted by Gasteiger charge is -2.28. The molecule has 1 aromatic heterocycles. The minimum Gasteiger partial charge on any atom is -0.496 e. The number of hydrogen-bond donors (Lipinski definition) is 1. The number of nitrogens with zero attached hydrogens (tertiary/aromatic N) is 3. The second kappa shape index (κ2) is 7.38.